The summed E-state index contributed by atoms with van der Waals surface area (Å²) in [5.74, 6) is -0.354. The lowest BCUT2D eigenvalue weighted by atomic mass is 10.1. The quantitative estimate of drug-likeness (QED) is 0.663. The topological polar surface area (TPSA) is 42.0 Å². The molecule has 3 nitrogen and oxygen atoms in total. The van der Waals surface area contributed by atoms with Crippen molar-refractivity contribution in [2.24, 2.45) is 0 Å². The Labute approximate surface area is 156 Å². The van der Waals surface area contributed by atoms with Crippen LogP contribution in [0.5, 0.6) is 0 Å². The van der Waals surface area contributed by atoms with Crippen molar-refractivity contribution in [2.75, 3.05) is 5.32 Å². The Morgan fingerprint density at radius 1 is 1.15 bits per heavy atom. The highest BCUT2D eigenvalue weighted by atomic mass is 32.1. The van der Waals surface area contributed by atoms with Crippen LogP contribution in [0.15, 0.2) is 42.5 Å². The van der Waals surface area contributed by atoms with Gasteiger partial charge in [0.2, 0.25) is 5.91 Å². The fourth-order valence-electron chi connectivity index (χ4n) is 2.95. The van der Waals surface area contributed by atoms with Crippen molar-refractivity contribution in [3.05, 3.63) is 69.3 Å². The van der Waals surface area contributed by atoms with E-state index in [1.54, 1.807) is 12.1 Å². The number of thiazole rings is 1. The van der Waals surface area contributed by atoms with Crippen LogP contribution in [0.1, 0.15) is 27.9 Å². The van der Waals surface area contributed by atoms with Gasteiger partial charge < -0.3 is 5.32 Å². The number of carbonyl (C=O) groups is 1. The maximum absolute atomic E-state index is 13.2. The second kappa shape index (κ2) is 7.79. The van der Waals surface area contributed by atoms with E-state index in [4.69, 9.17) is 0 Å². The lowest BCUT2D eigenvalue weighted by molar-refractivity contribution is -0.115. The maximum Gasteiger partial charge on any atom is 0.229 e. The minimum absolute atomic E-state index is 0.0685. The van der Waals surface area contributed by atoms with Crippen LogP contribution in [0, 0.1) is 19.7 Å². The highest BCUT2D eigenvalue weighted by molar-refractivity contribution is 7.12. The standard InChI is InChI=1S/C21H21FN2OS/c1-4-15-7-5-6-13(2)20(15)24-19(25)12-18-21(23-14(3)26-18)16-8-10-17(22)11-9-16/h5-11H,4,12H2,1-3H3,(H,24,25). The maximum atomic E-state index is 13.2. The number of amides is 1. The number of nitrogens with zero attached hydrogens (tertiary/aromatic N) is 1. The predicted molar refractivity (Wildman–Crippen MR) is 105 cm³/mol. The fourth-order valence-corrected chi connectivity index (χ4v) is 3.91. The molecule has 0 aliphatic heterocycles. The van der Waals surface area contributed by atoms with Gasteiger partial charge in [0.15, 0.2) is 0 Å². The molecule has 3 aromatic rings. The number of halogens is 1. The Balaban J connectivity index is 1.84. The third-order valence-electron chi connectivity index (χ3n) is 4.25. The molecule has 1 amide bonds. The monoisotopic (exact) mass is 368 g/mol. The normalized spacial score (nSPS) is 10.8. The van der Waals surface area contributed by atoms with Crippen LogP contribution in [-0.2, 0) is 17.6 Å². The van der Waals surface area contributed by atoms with E-state index >= 15 is 0 Å². The van der Waals surface area contributed by atoms with Crippen molar-refractivity contribution in [3.8, 4) is 11.3 Å². The molecule has 5 heteroatoms. The van der Waals surface area contributed by atoms with Crippen LogP contribution in [0.3, 0.4) is 0 Å². The predicted octanol–water partition coefficient (Wildman–Crippen LogP) is 5.31. The summed E-state index contributed by atoms with van der Waals surface area (Å²) in [6, 6.07) is 12.2. The van der Waals surface area contributed by atoms with Gasteiger partial charge in [-0.15, -0.1) is 11.3 Å². The summed E-state index contributed by atoms with van der Waals surface area (Å²) in [4.78, 5) is 18.1. The second-order valence-corrected chi connectivity index (χ2v) is 7.49. The van der Waals surface area contributed by atoms with Gasteiger partial charge >= 0.3 is 0 Å². The summed E-state index contributed by atoms with van der Waals surface area (Å²) in [6.45, 7) is 5.98. The highest BCUT2D eigenvalue weighted by Gasteiger charge is 2.16. The second-order valence-electron chi connectivity index (χ2n) is 6.20. The zero-order chi connectivity index (χ0) is 18.7. The number of aromatic nitrogens is 1. The van der Waals surface area contributed by atoms with Gasteiger partial charge in [0, 0.05) is 16.1 Å². The van der Waals surface area contributed by atoms with Gasteiger partial charge in [-0.05, 0) is 55.7 Å². The third-order valence-corrected chi connectivity index (χ3v) is 5.22. The van der Waals surface area contributed by atoms with Crippen molar-refractivity contribution in [3.63, 3.8) is 0 Å². The van der Waals surface area contributed by atoms with Crippen LogP contribution in [0.4, 0.5) is 10.1 Å². The van der Waals surface area contributed by atoms with Crippen LogP contribution >= 0.6 is 11.3 Å². The first kappa shape index (κ1) is 18.3. The lowest BCUT2D eigenvalue weighted by Crippen LogP contribution is -2.16. The molecule has 0 saturated heterocycles. The Bertz CT molecular complexity index is 932. The molecule has 1 heterocycles. The van der Waals surface area contributed by atoms with Crippen molar-refractivity contribution in [1.82, 2.24) is 4.98 Å². The molecule has 0 spiro atoms. The van der Waals surface area contributed by atoms with E-state index in [1.165, 1.54) is 23.5 Å². The van der Waals surface area contributed by atoms with E-state index in [2.05, 4.69) is 17.2 Å². The smallest absolute Gasteiger partial charge is 0.229 e. The molecule has 1 N–H and O–H groups in total. The summed E-state index contributed by atoms with van der Waals surface area (Å²) in [5, 5.41) is 3.94. The largest absolute Gasteiger partial charge is 0.325 e. The van der Waals surface area contributed by atoms with Crippen LogP contribution in [0.25, 0.3) is 11.3 Å². The summed E-state index contributed by atoms with van der Waals surface area (Å²) in [7, 11) is 0. The van der Waals surface area contributed by atoms with E-state index in [0.29, 0.717) is 0 Å². The summed E-state index contributed by atoms with van der Waals surface area (Å²) < 4.78 is 13.2. The number of benzene rings is 2. The van der Waals surface area contributed by atoms with Gasteiger partial charge in [-0.25, -0.2) is 9.37 Å². The fraction of sp³-hybridized carbons (Fsp3) is 0.238. The third kappa shape index (κ3) is 3.99. The molecule has 3 rings (SSSR count). The molecule has 2 aromatic carbocycles. The number of rotatable bonds is 5. The van der Waals surface area contributed by atoms with Gasteiger partial charge in [-0.2, -0.15) is 0 Å². The molecule has 0 saturated carbocycles. The number of para-hydroxylation sites is 1. The summed E-state index contributed by atoms with van der Waals surface area (Å²) >= 11 is 1.50. The molecular weight excluding hydrogens is 347 g/mol. The molecule has 0 unspecified atom stereocenters. The van der Waals surface area contributed by atoms with E-state index in [1.807, 2.05) is 32.0 Å². The lowest BCUT2D eigenvalue weighted by Gasteiger charge is -2.13. The minimum Gasteiger partial charge on any atom is -0.325 e. The minimum atomic E-state index is -0.286. The van der Waals surface area contributed by atoms with Crippen LogP contribution in [0.2, 0.25) is 0 Å². The van der Waals surface area contributed by atoms with E-state index in [0.717, 1.165) is 44.4 Å². The van der Waals surface area contributed by atoms with Crippen LogP contribution in [-0.4, -0.2) is 10.9 Å². The number of nitrogens with one attached hydrogen (secondary N) is 1. The molecule has 1 aromatic heterocycles. The molecule has 0 atom stereocenters. The van der Waals surface area contributed by atoms with Gasteiger partial charge in [-0.1, -0.05) is 25.1 Å². The summed E-state index contributed by atoms with van der Waals surface area (Å²) in [5.41, 5.74) is 4.64. The first-order valence-electron chi connectivity index (χ1n) is 8.58. The van der Waals surface area contributed by atoms with Gasteiger partial charge in [0.05, 0.1) is 17.1 Å². The molecule has 26 heavy (non-hydrogen) atoms. The SMILES string of the molecule is CCc1cccc(C)c1NC(=O)Cc1sc(C)nc1-c1ccc(F)cc1. The van der Waals surface area contributed by atoms with Crippen molar-refractivity contribution >= 4 is 22.9 Å². The molecule has 0 radical (unpaired) electrons. The van der Waals surface area contributed by atoms with E-state index < -0.39 is 0 Å². The first-order chi connectivity index (χ1) is 12.5. The Kier molecular flexibility index (Phi) is 5.47. The molecule has 0 bridgehead atoms. The molecule has 0 fully saturated rings. The van der Waals surface area contributed by atoms with Crippen LogP contribution < -0.4 is 5.32 Å². The van der Waals surface area contributed by atoms with E-state index in [9.17, 15) is 9.18 Å². The van der Waals surface area contributed by atoms with Gasteiger partial charge in [0.25, 0.3) is 0 Å². The van der Waals surface area contributed by atoms with Crippen molar-refractivity contribution in [1.29, 1.82) is 0 Å². The van der Waals surface area contributed by atoms with Crippen molar-refractivity contribution in [2.45, 2.75) is 33.6 Å². The molecular formula is C21H21FN2OS. The molecule has 134 valence electrons. The zero-order valence-corrected chi connectivity index (χ0v) is 15.9. The summed E-state index contributed by atoms with van der Waals surface area (Å²) in [6.07, 6.45) is 1.10. The first-order valence-corrected chi connectivity index (χ1v) is 9.40. The number of aryl methyl sites for hydroxylation is 3. The number of hydrogen-bond donors (Lipinski definition) is 1. The average molecular weight is 368 g/mol. The Morgan fingerprint density at radius 2 is 1.88 bits per heavy atom. The Morgan fingerprint density at radius 3 is 2.58 bits per heavy atom. The highest BCUT2D eigenvalue weighted by Crippen LogP contribution is 2.29. The average Bonchev–Trinajstić information content (AvgIpc) is 2.97. The van der Waals surface area contributed by atoms with Gasteiger partial charge in [-0.3, -0.25) is 4.79 Å². The molecule has 0 aliphatic carbocycles. The number of carbonyl (C=O) groups excluding carboxylic acids is 1. The number of hydrogen-bond acceptors (Lipinski definition) is 3. The number of anilines is 1. The zero-order valence-electron chi connectivity index (χ0n) is 15.1. The Hall–Kier alpha value is -2.53. The van der Waals surface area contributed by atoms with E-state index in [-0.39, 0.29) is 18.1 Å². The molecule has 0 aliphatic rings. The van der Waals surface area contributed by atoms with Crippen molar-refractivity contribution < 1.29 is 9.18 Å². The van der Waals surface area contributed by atoms with Gasteiger partial charge in [0.1, 0.15) is 5.82 Å².